The number of hydrogen-bond acceptors (Lipinski definition) is 2. The van der Waals surface area contributed by atoms with Crippen molar-refractivity contribution >= 4 is 6.29 Å². The molecule has 3 fully saturated rings. The fourth-order valence-corrected chi connectivity index (χ4v) is 9.70. The highest BCUT2D eigenvalue weighted by molar-refractivity contribution is 5.74. The molecular weight excluding hydrogens is 452 g/mol. The topological polar surface area (TPSA) is 26.3 Å². The molecule has 0 radical (unpaired) electrons. The van der Waals surface area contributed by atoms with Gasteiger partial charge in [0.25, 0.3) is 0 Å². The van der Waals surface area contributed by atoms with Gasteiger partial charge >= 0.3 is 0 Å². The fraction of sp³-hybridized carbons (Fsp3) is 0.743. The van der Waals surface area contributed by atoms with Gasteiger partial charge in [-0.05, 0) is 103 Å². The highest BCUT2D eigenvalue weighted by Crippen LogP contribution is 2.67. The first kappa shape index (κ1) is 27.2. The van der Waals surface area contributed by atoms with Crippen molar-refractivity contribution in [3.05, 3.63) is 47.0 Å². The second-order valence-electron chi connectivity index (χ2n) is 14.3. The molecule has 37 heavy (non-hydrogen) atoms. The van der Waals surface area contributed by atoms with Crippen LogP contribution in [0.4, 0.5) is 0 Å². The molecule has 3 saturated carbocycles. The molecule has 1 aromatic carbocycles. The van der Waals surface area contributed by atoms with Gasteiger partial charge in [0.1, 0.15) is 6.29 Å². The molecule has 2 heteroatoms. The Balaban J connectivity index is 1.22. The van der Waals surface area contributed by atoms with E-state index in [2.05, 4.69) is 40.7 Å². The summed E-state index contributed by atoms with van der Waals surface area (Å²) in [6, 6.07) is 7.84. The second kappa shape index (κ2) is 11.0. The average molecular weight is 505 g/mol. The van der Waals surface area contributed by atoms with E-state index in [-0.39, 0.29) is 0 Å². The Morgan fingerprint density at radius 2 is 1.76 bits per heavy atom. The van der Waals surface area contributed by atoms with Gasteiger partial charge in [0.05, 0.1) is 12.7 Å². The summed E-state index contributed by atoms with van der Waals surface area (Å²) < 4.78 is 6.42. The van der Waals surface area contributed by atoms with E-state index < -0.39 is 0 Å². The normalized spacial score (nSPS) is 37.9. The van der Waals surface area contributed by atoms with Crippen LogP contribution in [-0.2, 0) is 11.3 Å². The van der Waals surface area contributed by atoms with Crippen LogP contribution in [0.15, 0.2) is 35.9 Å². The van der Waals surface area contributed by atoms with E-state index in [0.29, 0.717) is 23.5 Å². The molecule has 0 N–H and O–H groups in total. The third-order valence-electron chi connectivity index (χ3n) is 11.9. The Morgan fingerprint density at radius 3 is 2.49 bits per heavy atom. The predicted octanol–water partition coefficient (Wildman–Crippen LogP) is 9.43. The monoisotopic (exact) mass is 504 g/mol. The van der Waals surface area contributed by atoms with Crippen molar-refractivity contribution in [1.82, 2.24) is 0 Å². The Bertz CT molecular complexity index is 960. The molecule has 4 aliphatic rings. The zero-order chi connectivity index (χ0) is 26.2. The van der Waals surface area contributed by atoms with Crippen molar-refractivity contribution in [1.29, 1.82) is 0 Å². The Morgan fingerprint density at radius 1 is 0.973 bits per heavy atom. The molecule has 0 aliphatic heterocycles. The fourth-order valence-electron chi connectivity index (χ4n) is 9.70. The lowest BCUT2D eigenvalue weighted by Crippen LogP contribution is -2.51. The van der Waals surface area contributed by atoms with Gasteiger partial charge in [-0.25, -0.2) is 0 Å². The van der Waals surface area contributed by atoms with Gasteiger partial charge in [0, 0.05) is 5.56 Å². The number of benzene rings is 1. The van der Waals surface area contributed by atoms with E-state index in [1.54, 1.807) is 5.57 Å². The highest BCUT2D eigenvalue weighted by Gasteiger charge is 2.59. The Labute approximate surface area is 227 Å². The number of carbonyl (C=O) groups excluding carboxylic acids is 1. The first-order valence-corrected chi connectivity index (χ1v) is 15.6. The number of carbonyl (C=O) groups is 1. The van der Waals surface area contributed by atoms with E-state index in [0.717, 1.165) is 59.3 Å². The van der Waals surface area contributed by atoms with Gasteiger partial charge in [-0.2, -0.15) is 0 Å². The Hall–Kier alpha value is -1.41. The lowest BCUT2D eigenvalue weighted by Gasteiger charge is -2.58. The maximum atomic E-state index is 10.9. The molecule has 204 valence electrons. The highest BCUT2D eigenvalue weighted by atomic mass is 16.5. The van der Waals surface area contributed by atoms with Crippen molar-refractivity contribution in [3.8, 4) is 0 Å². The van der Waals surface area contributed by atoms with Gasteiger partial charge in [-0.3, -0.25) is 4.79 Å². The van der Waals surface area contributed by atoms with Crippen LogP contribution in [0, 0.1) is 46.3 Å². The van der Waals surface area contributed by atoms with E-state index >= 15 is 0 Å². The summed E-state index contributed by atoms with van der Waals surface area (Å²) in [4.78, 5) is 10.9. The smallest absolute Gasteiger partial charge is 0.150 e. The minimum atomic E-state index is 0.332. The van der Waals surface area contributed by atoms with Crippen molar-refractivity contribution in [2.75, 3.05) is 0 Å². The zero-order valence-electron chi connectivity index (χ0n) is 24.3. The number of ether oxygens (including phenoxy) is 1. The minimum Gasteiger partial charge on any atom is -0.373 e. The van der Waals surface area contributed by atoms with Crippen molar-refractivity contribution < 1.29 is 9.53 Å². The molecule has 0 amide bonds. The maximum absolute atomic E-state index is 10.9. The third-order valence-corrected chi connectivity index (χ3v) is 11.9. The zero-order valence-corrected chi connectivity index (χ0v) is 24.3. The van der Waals surface area contributed by atoms with Gasteiger partial charge in [-0.1, -0.05) is 89.8 Å². The lowest BCUT2D eigenvalue weighted by atomic mass is 9.47. The number of rotatable bonds is 9. The molecule has 5 rings (SSSR count). The molecule has 8 atom stereocenters. The van der Waals surface area contributed by atoms with E-state index in [1.165, 1.54) is 64.2 Å². The van der Waals surface area contributed by atoms with Gasteiger partial charge < -0.3 is 4.74 Å². The first-order valence-electron chi connectivity index (χ1n) is 15.6. The molecule has 0 heterocycles. The van der Waals surface area contributed by atoms with Gasteiger partial charge in [-0.15, -0.1) is 0 Å². The molecule has 0 saturated heterocycles. The molecule has 0 bridgehead atoms. The van der Waals surface area contributed by atoms with Crippen LogP contribution >= 0.6 is 0 Å². The van der Waals surface area contributed by atoms with Gasteiger partial charge in [0.2, 0.25) is 0 Å². The van der Waals surface area contributed by atoms with Crippen LogP contribution < -0.4 is 0 Å². The minimum absolute atomic E-state index is 0.332. The average Bonchev–Trinajstić information content (AvgIpc) is 3.24. The molecule has 1 aromatic rings. The summed E-state index contributed by atoms with van der Waals surface area (Å²) in [6.45, 7) is 13.3. The summed E-state index contributed by atoms with van der Waals surface area (Å²) in [5, 5.41) is 0. The quantitative estimate of drug-likeness (QED) is 0.247. The molecule has 0 aromatic heterocycles. The second-order valence-corrected chi connectivity index (χ2v) is 14.3. The predicted molar refractivity (Wildman–Crippen MR) is 153 cm³/mol. The standard InChI is InChI=1S/C35H52O2/c1-24(2)7-6-8-25(3)31-15-16-32-30-14-13-28-21-29(37-23-27-11-9-26(22-36)10-12-27)17-19-34(28,4)33(30)18-20-35(31,32)5/h9-13,22,24-25,29-33H,6-8,14-21,23H2,1-5H3/t25-,29+,30+,31-,32+,33+,34+,35-/m1/s1. The van der Waals surface area contributed by atoms with Crippen molar-refractivity contribution in [2.24, 2.45) is 46.3 Å². The number of aldehydes is 1. The lowest BCUT2D eigenvalue weighted by molar-refractivity contribution is -0.0656. The first-order chi connectivity index (χ1) is 17.7. The SMILES string of the molecule is CC(C)CCC[C@@H](C)[C@H]1CC[C@H]2[C@@H]3CC=C4C[C@@H](OCc5ccc(C=O)cc5)CC[C@]4(C)[C@H]3CC[C@]12C. The van der Waals surface area contributed by atoms with Crippen LogP contribution in [0.25, 0.3) is 0 Å². The third kappa shape index (κ3) is 5.26. The Kier molecular flexibility index (Phi) is 8.07. The van der Waals surface area contributed by atoms with Crippen LogP contribution in [0.3, 0.4) is 0 Å². The summed E-state index contributed by atoms with van der Waals surface area (Å²) in [6.07, 6.45) is 18.9. The molecule has 0 unspecified atom stereocenters. The van der Waals surface area contributed by atoms with Crippen LogP contribution in [0.5, 0.6) is 0 Å². The van der Waals surface area contributed by atoms with Crippen LogP contribution in [0.1, 0.15) is 121 Å². The number of fused-ring (bicyclic) bond motifs is 5. The largest absolute Gasteiger partial charge is 0.373 e. The molecule has 0 spiro atoms. The van der Waals surface area contributed by atoms with Crippen molar-refractivity contribution in [3.63, 3.8) is 0 Å². The molecular formula is C35H52O2. The summed E-state index contributed by atoms with van der Waals surface area (Å²) in [5.41, 5.74) is 4.56. The summed E-state index contributed by atoms with van der Waals surface area (Å²) >= 11 is 0. The van der Waals surface area contributed by atoms with E-state index in [4.69, 9.17) is 4.74 Å². The van der Waals surface area contributed by atoms with Crippen LogP contribution in [0.2, 0.25) is 0 Å². The number of hydrogen-bond donors (Lipinski definition) is 0. The van der Waals surface area contributed by atoms with E-state index in [9.17, 15) is 4.79 Å². The number of allylic oxidation sites excluding steroid dienone is 1. The van der Waals surface area contributed by atoms with E-state index in [1.807, 2.05) is 24.3 Å². The van der Waals surface area contributed by atoms with Crippen molar-refractivity contribution in [2.45, 2.75) is 118 Å². The molecule has 2 nitrogen and oxygen atoms in total. The summed E-state index contributed by atoms with van der Waals surface area (Å²) in [7, 11) is 0. The maximum Gasteiger partial charge on any atom is 0.150 e. The van der Waals surface area contributed by atoms with Crippen LogP contribution in [-0.4, -0.2) is 12.4 Å². The molecule has 4 aliphatic carbocycles. The van der Waals surface area contributed by atoms with Gasteiger partial charge in [0.15, 0.2) is 0 Å². The summed E-state index contributed by atoms with van der Waals surface area (Å²) in [5.74, 6) is 5.37.